The number of hydrogen-bond acceptors (Lipinski definition) is 9. The molecular weight excluding hydrogens is 529 g/mol. The average Bonchev–Trinajstić information content (AvgIpc) is 3.41. The van der Waals surface area contributed by atoms with E-state index >= 15 is 0 Å². The number of benzene rings is 2. The molecule has 0 fully saturated rings. The maximum Gasteiger partial charge on any atom is 0.335 e. The number of nitrogens with two attached hydrogens (primary N) is 2. The lowest BCUT2D eigenvalue weighted by atomic mass is 10.1. The molecule has 0 aliphatic carbocycles. The van der Waals surface area contributed by atoms with Crippen molar-refractivity contribution in [2.75, 3.05) is 23.8 Å². The molecule has 210 valence electrons. The highest BCUT2D eigenvalue weighted by atomic mass is 19.1. The fraction of sp³-hybridized carbons (Fsp3) is 0.143. The van der Waals surface area contributed by atoms with Crippen LogP contribution in [0.25, 0.3) is 22.3 Å². The van der Waals surface area contributed by atoms with Gasteiger partial charge in [0.15, 0.2) is 0 Å². The lowest BCUT2D eigenvalue weighted by Gasteiger charge is -2.24. The molecule has 3 aromatic heterocycles. The number of rotatable bonds is 8. The quantitative estimate of drug-likeness (QED) is 0.189. The van der Waals surface area contributed by atoms with E-state index in [9.17, 15) is 14.0 Å². The van der Waals surface area contributed by atoms with E-state index in [4.69, 9.17) is 16.6 Å². The van der Waals surface area contributed by atoms with Gasteiger partial charge >= 0.3 is 5.97 Å². The number of amides is 1. The summed E-state index contributed by atoms with van der Waals surface area (Å²) in [6.07, 6.45) is 4.96. The van der Waals surface area contributed by atoms with Crippen molar-refractivity contribution in [1.29, 1.82) is 0 Å². The largest absolute Gasteiger partial charge is 0.478 e. The molecule has 0 saturated carbocycles. The molecule has 41 heavy (non-hydrogen) atoms. The molecule has 0 saturated heterocycles. The summed E-state index contributed by atoms with van der Waals surface area (Å²) in [6.45, 7) is 1.96. The monoisotopic (exact) mass is 557 g/mol. The number of halogens is 1. The lowest BCUT2D eigenvalue weighted by Crippen LogP contribution is -2.45. The normalized spacial score (nSPS) is 11.3. The number of carbonyl (C=O) groups excluding carboxylic acids is 1. The number of hydrogen-bond donors (Lipinski definition) is 5. The first-order valence-corrected chi connectivity index (χ1v) is 12.4. The predicted octanol–water partition coefficient (Wildman–Crippen LogP) is 3.24. The Balaban J connectivity index is 0.000000189. The number of aryl methyl sites for hydroxylation is 1. The van der Waals surface area contributed by atoms with E-state index in [0.29, 0.717) is 17.6 Å². The first-order valence-electron chi connectivity index (χ1n) is 12.4. The van der Waals surface area contributed by atoms with Gasteiger partial charge in [-0.25, -0.2) is 29.1 Å². The third-order valence-electron chi connectivity index (χ3n) is 5.91. The van der Waals surface area contributed by atoms with E-state index in [1.54, 1.807) is 66.9 Å². The number of primary amides is 1. The van der Waals surface area contributed by atoms with Crippen molar-refractivity contribution in [3.8, 4) is 11.4 Å². The summed E-state index contributed by atoms with van der Waals surface area (Å²) >= 11 is 0. The van der Waals surface area contributed by atoms with Gasteiger partial charge in [0.25, 0.3) is 0 Å². The van der Waals surface area contributed by atoms with Crippen molar-refractivity contribution < 1.29 is 19.1 Å². The molecule has 0 radical (unpaired) electrons. The first kappa shape index (κ1) is 28.6. The predicted molar refractivity (Wildman–Crippen MR) is 153 cm³/mol. The van der Waals surface area contributed by atoms with Crippen molar-refractivity contribution in [3.05, 3.63) is 90.1 Å². The van der Waals surface area contributed by atoms with E-state index in [-0.39, 0.29) is 17.9 Å². The second-order valence-corrected chi connectivity index (χ2v) is 8.96. The smallest absolute Gasteiger partial charge is 0.335 e. The molecule has 0 spiro atoms. The number of anilines is 3. The Morgan fingerprint density at radius 2 is 1.78 bits per heavy atom. The van der Waals surface area contributed by atoms with Gasteiger partial charge in [-0.05, 0) is 67.1 Å². The van der Waals surface area contributed by atoms with Crippen LogP contribution in [0, 0.1) is 12.7 Å². The highest BCUT2D eigenvalue weighted by molar-refractivity contribution is 5.95. The number of carbonyl (C=O) groups is 2. The SMILES string of the molecule is CNc1nccc(-c2cc3cc(C(=O)O)ccc3[nH]2)n1.Cc1cnc(N(CC(N)C(N)=O)c2ccc(F)cc2)nc1. The zero-order chi connectivity index (χ0) is 29.5. The van der Waals surface area contributed by atoms with Gasteiger partial charge in [0.2, 0.25) is 17.8 Å². The average molecular weight is 558 g/mol. The van der Waals surface area contributed by atoms with E-state index in [1.165, 1.54) is 12.1 Å². The number of nitrogens with one attached hydrogen (secondary N) is 2. The van der Waals surface area contributed by atoms with Crippen LogP contribution in [0.1, 0.15) is 15.9 Å². The number of aromatic nitrogens is 5. The number of nitrogens with zero attached hydrogens (tertiary/aromatic N) is 5. The molecule has 0 aliphatic rings. The van der Waals surface area contributed by atoms with E-state index in [2.05, 4.69) is 30.2 Å². The summed E-state index contributed by atoms with van der Waals surface area (Å²) in [7, 11) is 1.75. The molecule has 0 bridgehead atoms. The minimum atomic E-state index is -0.936. The number of fused-ring (bicyclic) bond motifs is 1. The van der Waals surface area contributed by atoms with Gasteiger partial charge in [0.05, 0.1) is 23.5 Å². The fourth-order valence-corrected chi connectivity index (χ4v) is 3.77. The van der Waals surface area contributed by atoms with Gasteiger partial charge in [-0.15, -0.1) is 0 Å². The molecule has 5 rings (SSSR count). The Hall–Kier alpha value is -5.43. The van der Waals surface area contributed by atoms with Gasteiger partial charge in [0, 0.05) is 42.2 Å². The first-order chi connectivity index (χ1) is 19.6. The molecule has 1 atom stereocenters. The summed E-state index contributed by atoms with van der Waals surface area (Å²) < 4.78 is 13.0. The molecule has 13 heteroatoms. The molecule has 1 amide bonds. The van der Waals surface area contributed by atoms with Crippen molar-refractivity contribution in [1.82, 2.24) is 24.9 Å². The Morgan fingerprint density at radius 1 is 1.07 bits per heavy atom. The maximum absolute atomic E-state index is 13.0. The minimum Gasteiger partial charge on any atom is -0.478 e. The van der Waals surface area contributed by atoms with Crippen molar-refractivity contribution in [2.24, 2.45) is 11.5 Å². The van der Waals surface area contributed by atoms with Crippen molar-refractivity contribution in [2.45, 2.75) is 13.0 Å². The third-order valence-corrected chi connectivity index (χ3v) is 5.91. The summed E-state index contributed by atoms with van der Waals surface area (Å²) in [5.41, 5.74) is 15.1. The lowest BCUT2D eigenvalue weighted by molar-refractivity contribution is -0.119. The fourth-order valence-electron chi connectivity index (χ4n) is 3.77. The standard InChI is InChI=1S/C14H16FN5O.C14H12N4O2/c1-9-6-18-14(19-7-9)20(8-12(16)13(17)21)11-4-2-10(15)3-5-11;1-15-14-16-5-4-11(18-14)12-7-9-6-8(13(19)20)2-3-10(9)17-12/h2-7,12H,8,16H2,1H3,(H2,17,21);2-7,17H,1H3,(H,19,20)(H,15,16,18). The summed E-state index contributed by atoms with van der Waals surface area (Å²) in [4.78, 5) is 43.8. The molecule has 1 unspecified atom stereocenters. The summed E-state index contributed by atoms with van der Waals surface area (Å²) in [5, 5.41) is 12.7. The van der Waals surface area contributed by atoms with E-state index < -0.39 is 17.9 Å². The van der Waals surface area contributed by atoms with Gasteiger partial charge in [-0.1, -0.05) is 0 Å². The Labute approximate surface area is 234 Å². The maximum atomic E-state index is 13.0. The Bertz CT molecular complexity index is 1610. The highest BCUT2D eigenvalue weighted by Crippen LogP contribution is 2.24. The van der Waals surface area contributed by atoms with Crippen molar-refractivity contribution in [3.63, 3.8) is 0 Å². The van der Waals surface area contributed by atoms with Crippen LogP contribution in [0.2, 0.25) is 0 Å². The third kappa shape index (κ3) is 7.16. The van der Waals surface area contributed by atoms with Crippen LogP contribution in [0.15, 0.2) is 73.2 Å². The van der Waals surface area contributed by atoms with Crippen LogP contribution in [0.5, 0.6) is 0 Å². The molecule has 2 aromatic carbocycles. The van der Waals surface area contributed by atoms with Gasteiger partial charge in [0.1, 0.15) is 11.9 Å². The molecule has 12 nitrogen and oxygen atoms in total. The van der Waals surface area contributed by atoms with Crippen LogP contribution in [-0.2, 0) is 4.79 Å². The van der Waals surface area contributed by atoms with Crippen LogP contribution >= 0.6 is 0 Å². The summed E-state index contributed by atoms with van der Waals surface area (Å²) in [6, 6.07) is 13.5. The van der Waals surface area contributed by atoms with Gasteiger partial charge < -0.3 is 31.8 Å². The Morgan fingerprint density at radius 3 is 2.41 bits per heavy atom. The second-order valence-electron chi connectivity index (χ2n) is 8.96. The molecule has 7 N–H and O–H groups in total. The minimum absolute atomic E-state index is 0.101. The molecular formula is C28H28FN9O3. The van der Waals surface area contributed by atoms with E-state index in [1.807, 2.05) is 13.0 Å². The van der Waals surface area contributed by atoms with Crippen molar-refractivity contribution >= 4 is 40.4 Å². The zero-order valence-electron chi connectivity index (χ0n) is 22.2. The van der Waals surface area contributed by atoms with Crippen LogP contribution < -0.4 is 21.7 Å². The Kier molecular flexibility index (Phi) is 8.79. The molecule has 3 heterocycles. The molecule has 5 aromatic rings. The van der Waals surface area contributed by atoms with Crippen LogP contribution in [0.3, 0.4) is 0 Å². The molecule has 0 aliphatic heterocycles. The zero-order valence-corrected chi connectivity index (χ0v) is 22.2. The number of aromatic carboxylic acids is 1. The second kappa shape index (κ2) is 12.6. The number of carboxylic acid groups (broad SMARTS) is 1. The number of aromatic amines is 1. The highest BCUT2D eigenvalue weighted by Gasteiger charge is 2.19. The van der Waals surface area contributed by atoms with Gasteiger partial charge in [-0.3, -0.25) is 4.79 Å². The van der Waals surface area contributed by atoms with Gasteiger partial charge in [-0.2, -0.15) is 0 Å². The summed E-state index contributed by atoms with van der Waals surface area (Å²) in [5.74, 6) is -1.03. The van der Waals surface area contributed by atoms with E-state index in [0.717, 1.165) is 27.9 Å². The van der Waals surface area contributed by atoms with Crippen LogP contribution in [0.4, 0.5) is 22.0 Å². The topological polar surface area (TPSA) is 189 Å². The number of carboxylic acids is 1. The van der Waals surface area contributed by atoms with Crippen LogP contribution in [-0.4, -0.2) is 61.5 Å². The number of H-pyrrole nitrogens is 1.